The van der Waals surface area contributed by atoms with Gasteiger partial charge in [-0.25, -0.2) is 0 Å². The van der Waals surface area contributed by atoms with Crippen molar-refractivity contribution in [3.8, 4) is 0 Å². The Morgan fingerprint density at radius 1 is 1.47 bits per heavy atom. The number of rotatable bonds is 2. The predicted octanol–water partition coefficient (Wildman–Crippen LogP) is 1.51. The molecule has 0 radical (unpaired) electrons. The van der Waals surface area contributed by atoms with E-state index in [9.17, 15) is 13.6 Å². The molecule has 0 spiro atoms. The van der Waals surface area contributed by atoms with Crippen molar-refractivity contribution in [2.24, 2.45) is 0 Å². The predicted molar refractivity (Wildman–Crippen MR) is 49.7 cm³/mol. The topological polar surface area (TPSA) is 20.3 Å². The molecule has 2 nitrogen and oxygen atoms in total. The van der Waals surface area contributed by atoms with Gasteiger partial charge < -0.3 is 0 Å². The van der Waals surface area contributed by atoms with E-state index in [-0.39, 0.29) is 15.5 Å². The molecule has 0 saturated carbocycles. The second-order valence-electron chi connectivity index (χ2n) is 3.02. The van der Waals surface area contributed by atoms with Gasteiger partial charge in [0.05, 0.1) is 0 Å². The molecule has 0 aliphatic rings. The molecule has 0 aromatic heterocycles. The zero-order valence-electron chi connectivity index (χ0n) is 8.47. The van der Waals surface area contributed by atoms with Crippen LogP contribution in [0.25, 0.3) is 0 Å². The molecule has 0 saturated heterocycles. The Morgan fingerprint density at radius 3 is 2.53 bits per heavy atom. The number of amides is 1. The van der Waals surface area contributed by atoms with E-state index in [4.69, 9.17) is 0 Å². The molecule has 1 rings (SSSR count). The van der Waals surface area contributed by atoms with Crippen molar-refractivity contribution >= 4 is 15.5 Å². The summed E-state index contributed by atoms with van der Waals surface area (Å²) >= 11 is 1.35. The monoisotopic (exact) mass is 246 g/mol. The van der Waals surface area contributed by atoms with Crippen LogP contribution in [0.5, 0.6) is 0 Å². The Bertz CT molecular complexity index is 395. The Morgan fingerprint density at radius 2 is 2.07 bits per heavy atom. The molecular formula is C10H10F2NOTi. The van der Waals surface area contributed by atoms with Crippen LogP contribution < -0.4 is 8.77 Å². The minimum absolute atomic E-state index is 0.0628. The molecule has 0 bridgehead atoms. The van der Waals surface area contributed by atoms with Crippen LogP contribution in [0.3, 0.4) is 0 Å². The normalized spacial score (nSPS) is 10.1. The van der Waals surface area contributed by atoms with Crippen LogP contribution in [0.1, 0.15) is 13.8 Å². The van der Waals surface area contributed by atoms with Crippen LogP contribution in [-0.4, -0.2) is 12.5 Å². The summed E-state index contributed by atoms with van der Waals surface area (Å²) in [6.45, 7) is 3.44. The molecule has 1 aromatic rings. The summed E-state index contributed by atoms with van der Waals surface area (Å²) in [5, 5.41) is 0. The summed E-state index contributed by atoms with van der Waals surface area (Å²) in [5.41, 5.74) is 0.129. The number of hydrogen-bond donors (Lipinski definition) is 0. The van der Waals surface area contributed by atoms with Crippen molar-refractivity contribution in [2.75, 3.05) is 11.4 Å². The van der Waals surface area contributed by atoms with E-state index in [0.717, 1.165) is 0 Å². The summed E-state index contributed by atoms with van der Waals surface area (Å²) in [5.74, 6) is -1.54. The number of nitrogens with zero attached hydrogens (tertiary/aromatic N) is 1. The summed E-state index contributed by atoms with van der Waals surface area (Å²) in [6, 6.07) is 2.45. The molecule has 0 aliphatic heterocycles. The summed E-state index contributed by atoms with van der Waals surface area (Å²) in [7, 11) is 0. The van der Waals surface area contributed by atoms with Crippen LogP contribution in [0.4, 0.5) is 14.5 Å². The first-order valence-electron chi connectivity index (χ1n) is 4.46. The second-order valence-corrected chi connectivity index (χ2v) is 3.80. The fraction of sp³-hybridized carbons (Fsp3) is 0.300. The first-order valence-corrected chi connectivity index (χ1v) is 5.24. The van der Waals surface area contributed by atoms with Crippen LogP contribution in [-0.2, 0) is 25.2 Å². The SMILES string of the molecule is CCN(C(C)=O)c1ccc(F)[c]([Ti])c1F. The number of carbonyl (C=O) groups is 1. The maximum absolute atomic E-state index is 13.6. The van der Waals surface area contributed by atoms with Crippen molar-refractivity contribution in [3.63, 3.8) is 0 Å². The van der Waals surface area contributed by atoms with E-state index in [1.807, 2.05) is 0 Å². The Kier molecular flexibility index (Phi) is 4.00. The number of benzene rings is 1. The molecule has 79 valence electrons. The molecule has 1 aromatic carbocycles. The molecule has 5 heteroatoms. The van der Waals surface area contributed by atoms with Crippen molar-refractivity contribution in [1.29, 1.82) is 0 Å². The van der Waals surface area contributed by atoms with Gasteiger partial charge in [-0.05, 0) is 0 Å². The van der Waals surface area contributed by atoms with E-state index >= 15 is 0 Å². The molecule has 15 heavy (non-hydrogen) atoms. The van der Waals surface area contributed by atoms with Gasteiger partial charge >= 0.3 is 98.5 Å². The van der Waals surface area contributed by atoms with Crippen LogP contribution >= 0.6 is 0 Å². The number of halogens is 2. The number of carbonyl (C=O) groups excluding carboxylic acids is 1. The van der Waals surface area contributed by atoms with Crippen molar-refractivity contribution in [3.05, 3.63) is 23.8 Å². The third kappa shape index (κ3) is 2.44. The van der Waals surface area contributed by atoms with Gasteiger partial charge in [0, 0.05) is 0 Å². The molecule has 1 amide bonds. The molecule has 0 N–H and O–H groups in total. The minimum atomic E-state index is -0.674. The number of hydrogen-bond acceptors (Lipinski definition) is 1. The summed E-state index contributed by atoms with van der Waals surface area (Å²) in [4.78, 5) is 12.5. The van der Waals surface area contributed by atoms with Gasteiger partial charge in [0.2, 0.25) is 0 Å². The molecule has 0 atom stereocenters. The van der Waals surface area contributed by atoms with E-state index in [2.05, 4.69) is 0 Å². The van der Waals surface area contributed by atoms with Gasteiger partial charge in [-0.2, -0.15) is 0 Å². The maximum atomic E-state index is 13.6. The van der Waals surface area contributed by atoms with Crippen molar-refractivity contribution in [2.45, 2.75) is 13.8 Å². The fourth-order valence-corrected chi connectivity index (χ4v) is 1.64. The summed E-state index contributed by atoms with van der Waals surface area (Å²) in [6.07, 6.45) is 0. The first-order chi connectivity index (χ1) is 6.99. The molecule has 0 unspecified atom stereocenters. The van der Waals surface area contributed by atoms with Gasteiger partial charge in [-0.1, -0.05) is 0 Å². The average molecular weight is 246 g/mol. The van der Waals surface area contributed by atoms with Crippen LogP contribution in [0, 0.1) is 11.6 Å². The van der Waals surface area contributed by atoms with E-state index in [1.54, 1.807) is 6.92 Å². The fourth-order valence-electron chi connectivity index (χ4n) is 1.31. The zero-order valence-corrected chi connectivity index (χ0v) is 10.0. The molecule has 0 aliphatic carbocycles. The van der Waals surface area contributed by atoms with Crippen LogP contribution in [0.2, 0.25) is 0 Å². The molecule has 0 heterocycles. The van der Waals surface area contributed by atoms with Gasteiger partial charge in [0.25, 0.3) is 0 Å². The zero-order chi connectivity index (χ0) is 11.6. The van der Waals surface area contributed by atoms with Crippen LogP contribution in [0.15, 0.2) is 12.1 Å². The van der Waals surface area contributed by atoms with Crippen molar-refractivity contribution in [1.82, 2.24) is 0 Å². The van der Waals surface area contributed by atoms with E-state index < -0.39 is 11.6 Å². The molecule has 0 fully saturated rings. The average Bonchev–Trinajstić information content (AvgIpc) is 2.18. The van der Waals surface area contributed by atoms with Gasteiger partial charge in [0.15, 0.2) is 0 Å². The number of anilines is 1. The van der Waals surface area contributed by atoms with Gasteiger partial charge in [-0.15, -0.1) is 0 Å². The standard InChI is InChI=1S/C10H10F2NO.Ti/c1-3-13(7(2)14)10-5-4-8(11)6-9(10)12;/h4-5H,3H2,1-2H3;. The quantitative estimate of drug-likeness (QED) is 0.724. The Hall–Kier alpha value is -0.736. The Balaban J connectivity index is 3.25. The van der Waals surface area contributed by atoms with E-state index in [0.29, 0.717) is 6.54 Å². The molecular weight excluding hydrogens is 236 g/mol. The van der Waals surface area contributed by atoms with Gasteiger partial charge in [0.1, 0.15) is 0 Å². The third-order valence-electron chi connectivity index (χ3n) is 2.06. The van der Waals surface area contributed by atoms with E-state index in [1.165, 1.54) is 44.4 Å². The van der Waals surface area contributed by atoms with Crippen molar-refractivity contribution < 1.29 is 34.0 Å². The Labute approximate surface area is 98.7 Å². The third-order valence-corrected chi connectivity index (χ3v) is 2.77. The first kappa shape index (κ1) is 12.3. The second kappa shape index (κ2) is 4.86. The summed E-state index contributed by atoms with van der Waals surface area (Å²) < 4.78 is 26.5. The van der Waals surface area contributed by atoms with Gasteiger partial charge in [-0.3, -0.25) is 0 Å².